The lowest BCUT2D eigenvalue weighted by atomic mass is 10.1. The van der Waals surface area contributed by atoms with Crippen LogP contribution < -0.4 is 20.4 Å². The van der Waals surface area contributed by atoms with E-state index in [0.717, 1.165) is 43.4 Å². The smallest absolute Gasteiger partial charge is 0.232 e. The summed E-state index contributed by atoms with van der Waals surface area (Å²) in [5.74, 6) is 2.20. The van der Waals surface area contributed by atoms with Crippen molar-refractivity contribution in [3.8, 4) is 0 Å². The fourth-order valence-electron chi connectivity index (χ4n) is 3.80. The molecule has 2 fully saturated rings. The minimum atomic E-state index is -0.244. The summed E-state index contributed by atoms with van der Waals surface area (Å²) in [4.78, 5) is 14.1. The lowest BCUT2D eigenvalue weighted by Crippen LogP contribution is -2.32. The van der Waals surface area contributed by atoms with E-state index in [1.165, 1.54) is 44.2 Å². The zero-order valence-electron chi connectivity index (χ0n) is 16.5. The van der Waals surface area contributed by atoms with E-state index in [1.807, 2.05) is 0 Å². The number of aromatic nitrogens is 2. The van der Waals surface area contributed by atoms with E-state index in [-0.39, 0.29) is 5.82 Å². The molecule has 0 unspecified atom stereocenters. The first-order valence-corrected chi connectivity index (χ1v) is 10.8. The van der Waals surface area contributed by atoms with Crippen LogP contribution in [0.5, 0.6) is 0 Å². The van der Waals surface area contributed by atoms with Gasteiger partial charge in [0.25, 0.3) is 0 Å². The summed E-state index contributed by atoms with van der Waals surface area (Å²) in [6.07, 6.45) is 6.07. The molecule has 2 aliphatic rings. The van der Waals surface area contributed by atoms with Crippen molar-refractivity contribution in [2.75, 3.05) is 41.3 Å². The van der Waals surface area contributed by atoms with Gasteiger partial charge in [0.2, 0.25) is 5.95 Å². The van der Waals surface area contributed by atoms with Gasteiger partial charge >= 0.3 is 0 Å². The van der Waals surface area contributed by atoms with Crippen molar-refractivity contribution in [3.63, 3.8) is 0 Å². The highest BCUT2D eigenvalue weighted by molar-refractivity contribution is 7.80. The number of hydrogen-bond acceptors (Lipinski definition) is 5. The maximum atomic E-state index is 13.0. The summed E-state index contributed by atoms with van der Waals surface area (Å²) in [7, 11) is 0. The molecule has 3 heterocycles. The molecule has 0 amide bonds. The molecule has 154 valence electrons. The summed E-state index contributed by atoms with van der Waals surface area (Å²) in [5, 5.41) is 6.74. The average Bonchev–Trinajstić information content (AvgIpc) is 3.29. The normalized spacial score (nSPS) is 16.7. The molecule has 4 rings (SSSR count). The van der Waals surface area contributed by atoms with E-state index in [4.69, 9.17) is 22.2 Å². The number of benzene rings is 1. The van der Waals surface area contributed by atoms with Gasteiger partial charge in [0.05, 0.1) is 0 Å². The predicted molar refractivity (Wildman–Crippen MR) is 119 cm³/mol. The summed E-state index contributed by atoms with van der Waals surface area (Å²) in [6.45, 7) is 4.63. The minimum absolute atomic E-state index is 0.244. The minimum Gasteiger partial charge on any atom is -0.358 e. The zero-order valence-corrected chi connectivity index (χ0v) is 17.3. The van der Waals surface area contributed by atoms with Crippen LogP contribution in [0.4, 0.5) is 22.0 Å². The first-order chi connectivity index (χ1) is 14.2. The fourth-order valence-corrected chi connectivity index (χ4v) is 3.96. The van der Waals surface area contributed by atoms with E-state index < -0.39 is 0 Å². The average molecular weight is 415 g/mol. The number of hydrogen-bond donors (Lipinski definition) is 2. The Balaban J connectivity index is 1.46. The molecule has 2 N–H and O–H groups in total. The van der Waals surface area contributed by atoms with Crippen molar-refractivity contribution in [1.82, 2.24) is 15.3 Å². The van der Waals surface area contributed by atoms with E-state index in [9.17, 15) is 4.39 Å². The van der Waals surface area contributed by atoms with Gasteiger partial charge in [-0.3, -0.25) is 0 Å². The summed E-state index contributed by atoms with van der Waals surface area (Å²) in [6, 6.07) is 8.48. The van der Waals surface area contributed by atoms with Crippen LogP contribution in [0.15, 0.2) is 30.3 Å². The highest BCUT2D eigenvalue weighted by atomic mass is 32.1. The predicted octanol–water partition coefficient (Wildman–Crippen LogP) is 3.69. The van der Waals surface area contributed by atoms with Crippen molar-refractivity contribution >= 4 is 34.9 Å². The quantitative estimate of drug-likeness (QED) is 0.724. The fraction of sp³-hybridized carbons (Fsp3) is 0.476. The lowest BCUT2D eigenvalue weighted by molar-refractivity contribution is 0.573. The Labute approximate surface area is 176 Å². The number of nitrogens with one attached hydrogen (secondary N) is 2. The Kier molecular flexibility index (Phi) is 6.39. The van der Waals surface area contributed by atoms with Crippen LogP contribution in [-0.4, -0.2) is 41.3 Å². The second-order valence-electron chi connectivity index (χ2n) is 7.58. The molecule has 1 aromatic heterocycles. The number of thiocarbonyl (C=S) groups is 1. The Morgan fingerprint density at radius 3 is 2.03 bits per heavy atom. The van der Waals surface area contributed by atoms with Crippen LogP contribution in [0.1, 0.15) is 37.7 Å². The highest BCUT2D eigenvalue weighted by Crippen LogP contribution is 2.26. The second kappa shape index (κ2) is 9.35. The molecule has 1 aromatic carbocycles. The van der Waals surface area contributed by atoms with Gasteiger partial charge in [-0.05, 0) is 62.0 Å². The Bertz CT molecular complexity index is 832. The molecule has 2 aromatic rings. The Hall–Kier alpha value is -2.48. The Morgan fingerprint density at radius 1 is 0.897 bits per heavy atom. The number of piperidine rings is 1. The Morgan fingerprint density at radius 2 is 1.45 bits per heavy atom. The van der Waals surface area contributed by atoms with Crippen molar-refractivity contribution in [3.05, 3.63) is 41.7 Å². The van der Waals surface area contributed by atoms with Gasteiger partial charge < -0.3 is 20.4 Å². The molecule has 0 radical (unpaired) electrons. The van der Waals surface area contributed by atoms with Crippen molar-refractivity contribution in [2.45, 2.75) is 38.6 Å². The molecule has 0 bridgehead atoms. The standard InChI is InChI=1S/C21H27FN6S/c22-17-8-6-16(7-9-17)15-23-21(29)26-20-24-18(27-10-2-1-3-11-27)14-19(25-20)28-12-4-5-13-28/h6-9,14H,1-5,10-13,15H2,(H2,23,24,25,26,29). The van der Waals surface area contributed by atoms with Gasteiger partial charge in [0, 0.05) is 38.8 Å². The van der Waals surface area contributed by atoms with Crippen molar-refractivity contribution in [2.24, 2.45) is 0 Å². The molecule has 6 nitrogen and oxygen atoms in total. The summed E-state index contributed by atoms with van der Waals surface area (Å²) >= 11 is 5.44. The van der Waals surface area contributed by atoms with E-state index in [1.54, 1.807) is 12.1 Å². The molecular weight excluding hydrogens is 387 g/mol. The third-order valence-electron chi connectivity index (χ3n) is 5.40. The molecular formula is C21H27FN6S. The van der Waals surface area contributed by atoms with Gasteiger partial charge in [-0.25, -0.2) is 4.39 Å². The van der Waals surface area contributed by atoms with E-state index in [0.29, 0.717) is 17.6 Å². The molecule has 0 atom stereocenters. The van der Waals surface area contributed by atoms with Gasteiger partial charge in [0.1, 0.15) is 17.5 Å². The van der Waals surface area contributed by atoms with Crippen LogP contribution in [0.2, 0.25) is 0 Å². The molecule has 0 saturated carbocycles. The number of halogens is 1. The zero-order chi connectivity index (χ0) is 20.1. The monoisotopic (exact) mass is 414 g/mol. The number of anilines is 3. The van der Waals surface area contributed by atoms with Gasteiger partial charge in [-0.15, -0.1) is 0 Å². The maximum Gasteiger partial charge on any atom is 0.232 e. The van der Waals surface area contributed by atoms with Crippen LogP contribution in [0.25, 0.3) is 0 Å². The van der Waals surface area contributed by atoms with Crippen LogP contribution in [-0.2, 0) is 6.54 Å². The number of nitrogens with zero attached hydrogens (tertiary/aromatic N) is 4. The topological polar surface area (TPSA) is 56.3 Å². The third kappa shape index (κ3) is 5.32. The number of rotatable bonds is 5. The highest BCUT2D eigenvalue weighted by Gasteiger charge is 2.19. The van der Waals surface area contributed by atoms with Gasteiger partial charge in [0.15, 0.2) is 5.11 Å². The molecule has 2 aliphatic heterocycles. The first kappa shape index (κ1) is 19.8. The largest absolute Gasteiger partial charge is 0.358 e. The molecule has 2 saturated heterocycles. The van der Waals surface area contributed by atoms with E-state index >= 15 is 0 Å². The first-order valence-electron chi connectivity index (χ1n) is 10.4. The molecule has 29 heavy (non-hydrogen) atoms. The molecule has 8 heteroatoms. The molecule has 0 spiro atoms. The summed E-state index contributed by atoms with van der Waals surface area (Å²) < 4.78 is 13.0. The van der Waals surface area contributed by atoms with Crippen LogP contribution >= 0.6 is 12.2 Å². The molecule has 0 aliphatic carbocycles. The van der Waals surface area contributed by atoms with Crippen LogP contribution in [0.3, 0.4) is 0 Å². The SMILES string of the molecule is Fc1ccc(CNC(=S)Nc2nc(N3CCCCC3)cc(N3CCCC3)n2)cc1. The van der Waals surface area contributed by atoms with Gasteiger partial charge in [-0.2, -0.15) is 9.97 Å². The van der Waals surface area contributed by atoms with Crippen LogP contribution in [0, 0.1) is 5.82 Å². The van der Waals surface area contributed by atoms with Gasteiger partial charge in [-0.1, -0.05) is 12.1 Å². The second-order valence-corrected chi connectivity index (χ2v) is 7.99. The lowest BCUT2D eigenvalue weighted by Gasteiger charge is -2.29. The van der Waals surface area contributed by atoms with Crippen molar-refractivity contribution in [1.29, 1.82) is 0 Å². The van der Waals surface area contributed by atoms with Crippen molar-refractivity contribution < 1.29 is 4.39 Å². The third-order valence-corrected chi connectivity index (χ3v) is 5.65. The summed E-state index contributed by atoms with van der Waals surface area (Å²) in [5.41, 5.74) is 0.955. The maximum absolute atomic E-state index is 13.0. The van der Waals surface area contributed by atoms with E-state index in [2.05, 4.69) is 26.5 Å².